The second-order valence-corrected chi connectivity index (χ2v) is 6.89. The van der Waals surface area contributed by atoms with Crippen LogP contribution in [0.1, 0.15) is 27.2 Å². The molecular formula is C23H21N3O. The van der Waals surface area contributed by atoms with Crippen molar-refractivity contribution in [2.45, 2.75) is 20.8 Å². The van der Waals surface area contributed by atoms with Crippen LogP contribution in [0.5, 0.6) is 0 Å². The number of aromatic nitrogens is 2. The zero-order valence-electron chi connectivity index (χ0n) is 15.7. The Morgan fingerprint density at radius 1 is 0.889 bits per heavy atom. The summed E-state index contributed by atoms with van der Waals surface area (Å²) in [5, 5.41) is 8.49. The number of nitrogens with one attached hydrogen (secondary N) is 1. The van der Waals surface area contributed by atoms with Crippen LogP contribution in [0.3, 0.4) is 0 Å². The molecule has 0 spiro atoms. The van der Waals surface area contributed by atoms with Gasteiger partial charge in [0.05, 0.1) is 11.2 Å². The van der Waals surface area contributed by atoms with Gasteiger partial charge in [0.1, 0.15) is 0 Å². The van der Waals surface area contributed by atoms with E-state index in [0.717, 1.165) is 33.4 Å². The normalized spacial score (nSPS) is 10.9. The summed E-state index contributed by atoms with van der Waals surface area (Å²) >= 11 is 0. The molecule has 0 aliphatic carbocycles. The third kappa shape index (κ3) is 3.22. The van der Waals surface area contributed by atoms with Crippen molar-refractivity contribution in [3.63, 3.8) is 0 Å². The van der Waals surface area contributed by atoms with Gasteiger partial charge in [0.2, 0.25) is 0 Å². The minimum absolute atomic E-state index is 0.203. The lowest BCUT2D eigenvalue weighted by molar-refractivity contribution is 0.102. The molecule has 1 amide bonds. The predicted molar refractivity (Wildman–Crippen MR) is 110 cm³/mol. The van der Waals surface area contributed by atoms with Crippen LogP contribution in [0.15, 0.2) is 66.7 Å². The van der Waals surface area contributed by atoms with Gasteiger partial charge in [-0.2, -0.15) is 5.10 Å². The quantitative estimate of drug-likeness (QED) is 0.549. The average Bonchev–Trinajstić information content (AvgIpc) is 3.05. The first-order chi connectivity index (χ1) is 13.0. The van der Waals surface area contributed by atoms with Crippen LogP contribution in [-0.2, 0) is 0 Å². The minimum Gasteiger partial charge on any atom is -0.320 e. The van der Waals surface area contributed by atoms with Gasteiger partial charge in [-0.1, -0.05) is 48.0 Å². The maximum Gasteiger partial charge on any atom is 0.276 e. The van der Waals surface area contributed by atoms with Crippen molar-refractivity contribution >= 4 is 22.5 Å². The zero-order chi connectivity index (χ0) is 19.0. The molecule has 1 heterocycles. The third-order valence-electron chi connectivity index (χ3n) is 4.72. The van der Waals surface area contributed by atoms with Crippen molar-refractivity contribution in [3.05, 3.63) is 89.1 Å². The molecule has 0 aliphatic rings. The summed E-state index contributed by atoms with van der Waals surface area (Å²) in [4.78, 5) is 13.0. The van der Waals surface area contributed by atoms with Gasteiger partial charge in [0.15, 0.2) is 5.69 Å². The van der Waals surface area contributed by atoms with Gasteiger partial charge < -0.3 is 5.32 Å². The highest BCUT2D eigenvalue weighted by molar-refractivity contribution is 6.11. The predicted octanol–water partition coefficient (Wildman–Crippen LogP) is 5.20. The van der Waals surface area contributed by atoms with Gasteiger partial charge in [-0.25, -0.2) is 4.68 Å². The summed E-state index contributed by atoms with van der Waals surface area (Å²) in [6.45, 7) is 6.04. The fourth-order valence-electron chi connectivity index (χ4n) is 3.17. The number of para-hydroxylation sites is 1. The SMILES string of the molecule is Cc1ccc(-n2nc(C(=O)Nc3cc(C)ccc3C)c3ccccc32)cc1. The van der Waals surface area contributed by atoms with E-state index < -0.39 is 0 Å². The number of carbonyl (C=O) groups is 1. The molecule has 27 heavy (non-hydrogen) atoms. The lowest BCUT2D eigenvalue weighted by atomic mass is 10.1. The van der Waals surface area contributed by atoms with Crippen LogP contribution in [0.25, 0.3) is 16.6 Å². The van der Waals surface area contributed by atoms with E-state index in [2.05, 4.69) is 10.4 Å². The van der Waals surface area contributed by atoms with E-state index in [0.29, 0.717) is 5.69 Å². The number of benzene rings is 3. The highest BCUT2D eigenvalue weighted by atomic mass is 16.2. The van der Waals surface area contributed by atoms with Gasteiger partial charge in [-0.15, -0.1) is 0 Å². The first kappa shape index (κ1) is 17.0. The molecule has 0 aliphatic heterocycles. The molecular weight excluding hydrogens is 334 g/mol. The Morgan fingerprint density at radius 2 is 1.59 bits per heavy atom. The number of aryl methyl sites for hydroxylation is 3. The molecule has 3 aromatic carbocycles. The molecule has 0 atom stereocenters. The van der Waals surface area contributed by atoms with E-state index in [9.17, 15) is 4.79 Å². The van der Waals surface area contributed by atoms with E-state index in [4.69, 9.17) is 0 Å². The molecule has 0 bridgehead atoms. The molecule has 0 unspecified atom stereocenters. The highest BCUT2D eigenvalue weighted by Crippen LogP contribution is 2.24. The monoisotopic (exact) mass is 355 g/mol. The van der Waals surface area contributed by atoms with E-state index in [1.165, 1.54) is 5.56 Å². The Bertz CT molecular complexity index is 1140. The van der Waals surface area contributed by atoms with Crippen LogP contribution in [0.4, 0.5) is 5.69 Å². The van der Waals surface area contributed by atoms with Gasteiger partial charge in [0, 0.05) is 11.1 Å². The van der Waals surface area contributed by atoms with Gasteiger partial charge >= 0.3 is 0 Å². The van der Waals surface area contributed by atoms with Crippen LogP contribution in [0, 0.1) is 20.8 Å². The highest BCUT2D eigenvalue weighted by Gasteiger charge is 2.18. The largest absolute Gasteiger partial charge is 0.320 e. The van der Waals surface area contributed by atoms with Gasteiger partial charge in [-0.3, -0.25) is 4.79 Å². The van der Waals surface area contributed by atoms with Crippen molar-refractivity contribution in [2.75, 3.05) is 5.32 Å². The van der Waals surface area contributed by atoms with Crippen LogP contribution in [-0.4, -0.2) is 15.7 Å². The first-order valence-electron chi connectivity index (χ1n) is 8.96. The van der Waals surface area contributed by atoms with E-state index in [1.54, 1.807) is 0 Å². The molecule has 134 valence electrons. The van der Waals surface area contributed by atoms with Crippen molar-refractivity contribution in [3.8, 4) is 5.69 Å². The molecule has 4 heteroatoms. The Balaban J connectivity index is 1.79. The maximum atomic E-state index is 13.0. The molecule has 0 saturated carbocycles. The van der Waals surface area contributed by atoms with Crippen molar-refractivity contribution in [2.24, 2.45) is 0 Å². The number of anilines is 1. The summed E-state index contributed by atoms with van der Waals surface area (Å²) in [6, 6.07) is 21.9. The lowest BCUT2D eigenvalue weighted by Gasteiger charge is -2.08. The van der Waals surface area contributed by atoms with Crippen molar-refractivity contribution in [1.29, 1.82) is 0 Å². The second-order valence-electron chi connectivity index (χ2n) is 6.89. The summed E-state index contributed by atoms with van der Waals surface area (Å²) in [5.74, 6) is -0.203. The van der Waals surface area contributed by atoms with Crippen LogP contribution in [0.2, 0.25) is 0 Å². The smallest absolute Gasteiger partial charge is 0.276 e. The Kier molecular flexibility index (Phi) is 4.24. The second kappa shape index (κ2) is 6.72. The molecule has 4 rings (SSSR count). The molecule has 1 aromatic heterocycles. The molecule has 4 aromatic rings. The van der Waals surface area contributed by atoms with Crippen LogP contribution < -0.4 is 5.32 Å². The number of nitrogens with zero attached hydrogens (tertiary/aromatic N) is 2. The molecule has 0 radical (unpaired) electrons. The molecule has 4 nitrogen and oxygen atoms in total. The number of hydrogen-bond donors (Lipinski definition) is 1. The summed E-state index contributed by atoms with van der Waals surface area (Å²) in [5.41, 5.74) is 6.39. The first-order valence-corrected chi connectivity index (χ1v) is 8.96. The van der Waals surface area contributed by atoms with Crippen LogP contribution >= 0.6 is 0 Å². The summed E-state index contributed by atoms with van der Waals surface area (Å²) in [7, 11) is 0. The Labute approximate surface area is 158 Å². The Hall–Kier alpha value is -3.40. The third-order valence-corrected chi connectivity index (χ3v) is 4.72. The summed E-state index contributed by atoms with van der Waals surface area (Å²) < 4.78 is 1.83. The molecule has 0 fully saturated rings. The van der Waals surface area contributed by atoms with Gasteiger partial charge in [-0.05, 0) is 56.2 Å². The number of fused-ring (bicyclic) bond motifs is 1. The lowest BCUT2D eigenvalue weighted by Crippen LogP contribution is -2.14. The maximum absolute atomic E-state index is 13.0. The number of hydrogen-bond acceptors (Lipinski definition) is 2. The van der Waals surface area contributed by atoms with E-state index in [-0.39, 0.29) is 5.91 Å². The summed E-state index contributed by atoms with van der Waals surface area (Å²) in [6.07, 6.45) is 0. The zero-order valence-corrected chi connectivity index (χ0v) is 15.7. The van der Waals surface area contributed by atoms with Crippen molar-refractivity contribution in [1.82, 2.24) is 9.78 Å². The average molecular weight is 355 g/mol. The topological polar surface area (TPSA) is 46.9 Å². The minimum atomic E-state index is -0.203. The van der Waals surface area contributed by atoms with Gasteiger partial charge in [0.25, 0.3) is 5.91 Å². The molecule has 1 N–H and O–H groups in total. The number of rotatable bonds is 3. The fourth-order valence-corrected chi connectivity index (χ4v) is 3.17. The standard InChI is InChI=1S/C23H21N3O/c1-15-9-12-18(13-10-15)26-21-7-5-4-6-19(21)22(25-26)23(27)24-20-14-16(2)8-11-17(20)3/h4-14H,1-3H3,(H,24,27). The molecule has 0 saturated heterocycles. The fraction of sp³-hybridized carbons (Fsp3) is 0.130. The van der Waals surface area contributed by atoms with E-state index in [1.807, 2.05) is 92.2 Å². The number of carbonyl (C=O) groups excluding carboxylic acids is 1. The van der Waals surface area contributed by atoms with E-state index >= 15 is 0 Å². The van der Waals surface area contributed by atoms with Crippen molar-refractivity contribution < 1.29 is 4.79 Å². The Morgan fingerprint density at radius 3 is 2.37 bits per heavy atom. The number of amides is 1.